The first kappa shape index (κ1) is 13.5. The van der Waals surface area contributed by atoms with Crippen LogP contribution in [0.3, 0.4) is 0 Å². The predicted octanol–water partition coefficient (Wildman–Crippen LogP) is 2.62. The van der Waals surface area contributed by atoms with Crippen molar-refractivity contribution in [1.29, 1.82) is 0 Å². The van der Waals surface area contributed by atoms with Crippen molar-refractivity contribution >= 4 is 23.1 Å². The van der Waals surface area contributed by atoms with Crippen LogP contribution in [0.25, 0.3) is 16.8 Å². The Kier molecular flexibility index (Phi) is 3.53. The average molecular weight is 303 g/mol. The van der Waals surface area contributed by atoms with Gasteiger partial charge in [0.15, 0.2) is 0 Å². The number of ether oxygens (including phenoxy) is 1. The summed E-state index contributed by atoms with van der Waals surface area (Å²) in [7, 11) is 0. The quantitative estimate of drug-likeness (QED) is 0.549. The maximum absolute atomic E-state index is 11.9. The third-order valence-corrected chi connectivity index (χ3v) is 3.25. The zero-order valence-electron chi connectivity index (χ0n) is 11.2. The Labute approximate surface area is 125 Å². The fourth-order valence-electron chi connectivity index (χ4n) is 1.98. The molecule has 0 fully saturated rings. The Morgan fingerprint density at radius 2 is 2.29 bits per heavy atom. The summed E-state index contributed by atoms with van der Waals surface area (Å²) >= 11 is 6.07. The summed E-state index contributed by atoms with van der Waals surface area (Å²) in [6, 6.07) is 5.33. The van der Waals surface area contributed by atoms with Crippen LogP contribution in [-0.4, -0.2) is 32.2 Å². The number of halogens is 1. The van der Waals surface area contributed by atoms with Crippen molar-refractivity contribution in [1.82, 2.24) is 19.6 Å². The summed E-state index contributed by atoms with van der Waals surface area (Å²) in [6.07, 6.45) is 4.59. The molecule has 0 aromatic carbocycles. The van der Waals surface area contributed by atoms with E-state index >= 15 is 0 Å². The number of nitrogens with zero attached hydrogens (tertiary/aromatic N) is 4. The van der Waals surface area contributed by atoms with E-state index < -0.39 is 5.97 Å². The summed E-state index contributed by atoms with van der Waals surface area (Å²) in [5.41, 5.74) is 2.31. The van der Waals surface area contributed by atoms with Gasteiger partial charge in [0.25, 0.3) is 0 Å². The Bertz CT molecular complexity index is 816. The summed E-state index contributed by atoms with van der Waals surface area (Å²) in [4.78, 5) is 20.2. The lowest BCUT2D eigenvalue weighted by Crippen LogP contribution is -2.04. The molecule has 21 heavy (non-hydrogen) atoms. The lowest BCUT2D eigenvalue weighted by molar-refractivity contribution is 0.0528. The van der Waals surface area contributed by atoms with Gasteiger partial charge in [-0.05, 0) is 25.1 Å². The number of pyridine rings is 1. The molecule has 3 rings (SSSR count). The fraction of sp³-hybridized carbons (Fsp3) is 0.143. The van der Waals surface area contributed by atoms with Crippen LogP contribution < -0.4 is 0 Å². The van der Waals surface area contributed by atoms with E-state index in [2.05, 4.69) is 15.1 Å². The molecule has 0 bridgehead atoms. The number of aromatic nitrogens is 4. The molecule has 0 amide bonds. The van der Waals surface area contributed by atoms with Gasteiger partial charge < -0.3 is 4.74 Å². The van der Waals surface area contributed by atoms with Crippen LogP contribution >= 0.6 is 11.6 Å². The Hall–Kier alpha value is -2.47. The lowest BCUT2D eigenvalue weighted by atomic mass is 10.1. The van der Waals surface area contributed by atoms with E-state index in [1.165, 1.54) is 17.0 Å². The average Bonchev–Trinajstić information content (AvgIpc) is 2.91. The number of esters is 1. The summed E-state index contributed by atoms with van der Waals surface area (Å²) in [6.45, 7) is 2.06. The fourth-order valence-corrected chi connectivity index (χ4v) is 2.20. The van der Waals surface area contributed by atoms with Gasteiger partial charge in [-0.1, -0.05) is 11.6 Å². The van der Waals surface area contributed by atoms with Crippen LogP contribution in [0.15, 0.2) is 36.9 Å². The molecule has 0 saturated heterocycles. The highest BCUT2D eigenvalue weighted by Gasteiger charge is 2.15. The van der Waals surface area contributed by atoms with E-state index in [9.17, 15) is 4.79 Å². The van der Waals surface area contributed by atoms with Crippen molar-refractivity contribution < 1.29 is 9.53 Å². The van der Waals surface area contributed by atoms with Gasteiger partial charge in [-0.25, -0.2) is 19.3 Å². The first-order valence-electron chi connectivity index (χ1n) is 6.32. The predicted molar refractivity (Wildman–Crippen MR) is 77.2 cm³/mol. The minimum absolute atomic E-state index is 0.308. The Morgan fingerprint density at radius 3 is 3.05 bits per heavy atom. The van der Waals surface area contributed by atoms with Crippen molar-refractivity contribution in [2.45, 2.75) is 6.92 Å². The van der Waals surface area contributed by atoms with E-state index in [1.807, 2.05) is 6.07 Å². The molecule has 3 aromatic rings. The monoisotopic (exact) mass is 302 g/mol. The van der Waals surface area contributed by atoms with Crippen LogP contribution in [0.4, 0.5) is 0 Å². The number of carbonyl (C=O) groups excluding carboxylic acids is 1. The standard InChI is InChI=1S/C14H11ClN4O2/c1-2-21-14(20)10-7-18-19-8-17-11(6-12(10)19)9-4-3-5-16-13(9)15/h3-8H,2H2,1H3. The van der Waals surface area contributed by atoms with E-state index in [-0.39, 0.29) is 0 Å². The van der Waals surface area contributed by atoms with E-state index in [0.717, 1.165) is 0 Å². The van der Waals surface area contributed by atoms with Gasteiger partial charge in [-0.15, -0.1) is 0 Å². The smallest absolute Gasteiger partial charge is 0.341 e. The summed E-state index contributed by atoms with van der Waals surface area (Å²) in [5.74, 6) is -0.415. The number of fused-ring (bicyclic) bond motifs is 1. The van der Waals surface area contributed by atoms with Crippen LogP contribution in [0.2, 0.25) is 5.15 Å². The number of rotatable bonds is 3. The molecule has 6 nitrogen and oxygen atoms in total. The largest absolute Gasteiger partial charge is 0.462 e. The molecule has 0 aliphatic heterocycles. The summed E-state index contributed by atoms with van der Waals surface area (Å²) in [5, 5.41) is 4.44. The zero-order chi connectivity index (χ0) is 14.8. The number of hydrogen-bond acceptors (Lipinski definition) is 5. The topological polar surface area (TPSA) is 69.4 Å². The van der Waals surface area contributed by atoms with Crippen molar-refractivity contribution in [3.8, 4) is 11.3 Å². The highest BCUT2D eigenvalue weighted by Crippen LogP contribution is 2.25. The van der Waals surface area contributed by atoms with Gasteiger partial charge in [0.2, 0.25) is 0 Å². The molecule has 0 unspecified atom stereocenters. The zero-order valence-corrected chi connectivity index (χ0v) is 11.9. The number of carbonyl (C=O) groups is 1. The lowest BCUT2D eigenvalue weighted by Gasteiger charge is -2.04. The van der Waals surface area contributed by atoms with Gasteiger partial charge in [0, 0.05) is 11.8 Å². The molecule has 0 radical (unpaired) electrons. The molecule has 106 valence electrons. The third-order valence-electron chi connectivity index (χ3n) is 2.94. The van der Waals surface area contributed by atoms with Crippen molar-refractivity contribution in [3.05, 3.63) is 47.6 Å². The van der Waals surface area contributed by atoms with Crippen LogP contribution in [0.1, 0.15) is 17.3 Å². The molecular weight excluding hydrogens is 292 g/mol. The van der Waals surface area contributed by atoms with Crippen LogP contribution in [0, 0.1) is 0 Å². The van der Waals surface area contributed by atoms with Gasteiger partial charge >= 0.3 is 5.97 Å². The van der Waals surface area contributed by atoms with Gasteiger partial charge in [-0.3, -0.25) is 0 Å². The Balaban J connectivity index is 2.13. The molecule has 0 aliphatic carbocycles. The number of hydrogen-bond donors (Lipinski definition) is 0. The van der Waals surface area contributed by atoms with Crippen molar-refractivity contribution in [3.63, 3.8) is 0 Å². The minimum atomic E-state index is -0.415. The second kappa shape index (κ2) is 5.49. The second-order valence-corrected chi connectivity index (χ2v) is 4.58. The molecule has 0 aliphatic rings. The molecule has 0 atom stereocenters. The third kappa shape index (κ3) is 2.45. The van der Waals surface area contributed by atoms with Gasteiger partial charge in [0.05, 0.1) is 24.0 Å². The van der Waals surface area contributed by atoms with Crippen molar-refractivity contribution in [2.75, 3.05) is 6.61 Å². The molecule has 0 N–H and O–H groups in total. The van der Waals surface area contributed by atoms with Gasteiger partial charge in [0.1, 0.15) is 17.0 Å². The van der Waals surface area contributed by atoms with Crippen LogP contribution in [-0.2, 0) is 4.74 Å². The normalized spacial score (nSPS) is 10.8. The summed E-state index contributed by atoms with van der Waals surface area (Å²) < 4.78 is 6.53. The molecule has 3 heterocycles. The van der Waals surface area contributed by atoms with E-state index in [4.69, 9.17) is 16.3 Å². The van der Waals surface area contributed by atoms with E-state index in [0.29, 0.717) is 34.1 Å². The first-order chi connectivity index (χ1) is 10.2. The minimum Gasteiger partial charge on any atom is -0.462 e. The van der Waals surface area contributed by atoms with E-state index in [1.54, 1.807) is 25.3 Å². The second-order valence-electron chi connectivity index (χ2n) is 4.22. The molecule has 0 spiro atoms. The Morgan fingerprint density at radius 1 is 1.43 bits per heavy atom. The highest BCUT2D eigenvalue weighted by atomic mass is 35.5. The van der Waals surface area contributed by atoms with Crippen LogP contribution in [0.5, 0.6) is 0 Å². The highest BCUT2D eigenvalue weighted by molar-refractivity contribution is 6.32. The first-order valence-corrected chi connectivity index (χ1v) is 6.70. The molecule has 3 aromatic heterocycles. The maximum atomic E-state index is 11.9. The SMILES string of the molecule is CCOC(=O)c1cnn2cnc(-c3cccnc3Cl)cc12. The molecular formula is C14H11ClN4O2. The maximum Gasteiger partial charge on any atom is 0.341 e. The molecule has 7 heteroatoms. The molecule has 0 saturated carbocycles. The van der Waals surface area contributed by atoms with Gasteiger partial charge in [-0.2, -0.15) is 5.10 Å². The van der Waals surface area contributed by atoms with Crippen molar-refractivity contribution in [2.24, 2.45) is 0 Å².